The second kappa shape index (κ2) is 7.92. The van der Waals surface area contributed by atoms with Gasteiger partial charge in [0.05, 0.1) is 36.2 Å². The molecule has 1 amide bonds. The van der Waals surface area contributed by atoms with E-state index in [1.807, 2.05) is 0 Å². The largest absolute Gasteiger partial charge is 0.370 e. The summed E-state index contributed by atoms with van der Waals surface area (Å²) in [4.78, 5) is 18.9. The molecule has 1 atom stereocenters. The van der Waals surface area contributed by atoms with Crippen LogP contribution in [0.1, 0.15) is 23.7 Å². The Balaban J connectivity index is 1.51. The second-order valence-corrected chi connectivity index (χ2v) is 8.52. The van der Waals surface area contributed by atoms with Gasteiger partial charge in [0.1, 0.15) is 11.4 Å². The van der Waals surface area contributed by atoms with Crippen LogP contribution >= 0.6 is 22.6 Å². The monoisotopic (exact) mass is 496 g/mol. The molecule has 3 heterocycles. The van der Waals surface area contributed by atoms with Crippen LogP contribution in [0.5, 0.6) is 0 Å². The Morgan fingerprint density at radius 1 is 1.39 bits per heavy atom. The zero-order valence-corrected chi connectivity index (χ0v) is 17.7. The third-order valence-electron chi connectivity index (χ3n) is 5.41. The van der Waals surface area contributed by atoms with Gasteiger partial charge >= 0.3 is 0 Å². The quantitative estimate of drug-likeness (QED) is 0.640. The summed E-state index contributed by atoms with van der Waals surface area (Å²) in [6.07, 6.45) is 4.09. The third-order valence-corrected chi connectivity index (χ3v) is 6.08. The molecule has 28 heavy (non-hydrogen) atoms. The fraction of sp³-hybridized carbons (Fsp3) is 0.400. The maximum Gasteiger partial charge on any atom is 0.256 e. The van der Waals surface area contributed by atoms with Crippen molar-refractivity contribution in [1.82, 2.24) is 15.2 Å². The molecule has 1 aromatic heterocycles. The van der Waals surface area contributed by atoms with Crippen LogP contribution in [-0.2, 0) is 4.74 Å². The first kappa shape index (κ1) is 19.5. The molecule has 2 saturated heterocycles. The maximum absolute atomic E-state index is 14.2. The number of rotatable bonds is 3. The van der Waals surface area contributed by atoms with Crippen LogP contribution < -0.4 is 10.6 Å². The first-order chi connectivity index (χ1) is 13.5. The minimum absolute atomic E-state index is 0.110. The molecule has 0 unspecified atom stereocenters. The summed E-state index contributed by atoms with van der Waals surface area (Å²) in [6, 6.07) is 6.76. The van der Waals surface area contributed by atoms with Crippen LogP contribution in [-0.4, -0.2) is 53.7 Å². The molecular formula is C20H22FIN4O2. The fourth-order valence-corrected chi connectivity index (χ4v) is 4.13. The van der Waals surface area contributed by atoms with Gasteiger partial charge in [-0.25, -0.2) is 4.39 Å². The third kappa shape index (κ3) is 3.72. The zero-order valence-electron chi connectivity index (χ0n) is 15.5. The Kier molecular flexibility index (Phi) is 5.52. The Hall–Kier alpha value is -1.78. The van der Waals surface area contributed by atoms with Crippen molar-refractivity contribution in [3.63, 3.8) is 0 Å². The van der Waals surface area contributed by atoms with Crippen molar-refractivity contribution in [2.45, 2.75) is 25.0 Å². The molecule has 1 spiro atoms. The lowest BCUT2D eigenvalue weighted by Gasteiger charge is -2.52. The number of carbonyl (C=O) groups excluding carboxylic acids is 1. The lowest BCUT2D eigenvalue weighted by molar-refractivity contribution is -0.137. The summed E-state index contributed by atoms with van der Waals surface area (Å²) < 4.78 is 21.1. The molecular weight excluding hydrogens is 474 g/mol. The standard InChI is InChI=1S/C20H22FIN4O2/c1-13-20(28-8-2-6-24-13)11-26(12-20)19(27)15-5-7-23-10-18(15)25-17-4-3-14(22)9-16(17)21/h3-5,7,9-10,13,24-25H,2,6,8,11-12H2,1H3/t13-/m0/s1. The summed E-state index contributed by atoms with van der Waals surface area (Å²) in [5.74, 6) is -0.481. The number of hydrogen-bond acceptors (Lipinski definition) is 5. The van der Waals surface area contributed by atoms with Crippen molar-refractivity contribution in [3.05, 3.63) is 51.6 Å². The molecule has 2 aromatic rings. The number of nitrogens with one attached hydrogen (secondary N) is 2. The summed E-state index contributed by atoms with van der Waals surface area (Å²) >= 11 is 2.06. The minimum atomic E-state index is -0.371. The van der Waals surface area contributed by atoms with E-state index in [9.17, 15) is 9.18 Å². The molecule has 2 N–H and O–H groups in total. The summed E-state index contributed by atoms with van der Waals surface area (Å²) in [5.41, 5.74) is 0.945. The van der Waals surface area contributed by atoms with E-state index in [4.69, 9.17) is 4.74 Å². The van der Waals surface area contributed by atoms with Gasteiger partial charge < -0.3 is 20.3 Å². The summed E-state index contributed by atoms with van der Waals surface area (Å²) in [7, 11) is 0. The van der Waals surface area contributed by atoms with Gasteiger partial charge in [-0.3, -0.25) is 9.78 Å². The molecule has 8 heteroatoms. The lowest BCUT2D eigenvalue weighted by atomic mass is 9.86. The van der Waals surface area contributed by atoms with Crippen LogP contribution in [0.2, 0.25) is 0 Å². The van der Waals surface area contributed by atoms with E-state index in [0.717, 1.165) is 16.5 Å². The first-order valence-corrected chi connectivity index (χ1v) is 10.4. The van der Waals surface area contributed by atoms with E-state index in [0.29, 0.717) is 36.6 Å². The first-order valence-electron chi connectivity index (χ1n) is 9.31. The van der Waals surface area contributed by atoms with Gasteiger partial charge in [0, 0.05) is 22.4 Å². The lowest BCUT2D eigenvalue weighted by Crippen LogP contribution is -2.71. The van der Waals surface area contributed by atoms with Crippen molar-refractivity contribution in [2.75, 3.05) is 31.6 Å². The highest BCUT2D eigenvalue weighted by Crippen LogP contribution is 2.33. The Bertz CT molecular complexity index is 888. The van der Waals surface area contributed by atoms with Crippen molar-refractivity contribution in [2.24, 2.45) is 0 Å². The number of likely N-dealkylation sites (tertiary alicyclic amines) is 1. The Morgan fingerprint density at radius 2 is 2.21 bits per heavy atom. The van der Waals surface area contributed by atoms with E-state index >= 15 is 0 Å². The normalized spacial score (nSPS) is 21.1. The van der Waals surface area contributed by atoms with Gasteiger partial charge in [0.2, 0.25) is 0 Å². The minimum Gasteiger partial charge on any atom is -0.370 e. The number of aromatic nitrogens is 1. The predicted molar refractivity (Wildman–Crippen MR) is 113 cm³/mol. The molecule has 2 aliphatic rings. The van der Waals surface area contributed by atoms with Crippen LogP contribution in [0.15, 0.2) is 36.7 Å². The number of halogens is 2. The Labute approximate surface area is 177 Å². The van der Waals surface area contributed by atoms with Gasteiger partial charge in [0.15, 0.2) is 0 Å². The number of nitrogens with zero attached hydrogens (tertiary/aromatic N) is 2. The average molecular weight is 496 g/mol. The highest BCUT2D eigenvalue weighted by Gasteiger charge is 2.51. The molecule has 0 aliphatic carbocycles. The van der Waals surface area contributed by atoms with Crippen molar-refractivity contribution < 1.29 is 13.9 Å². The van der Waals surface area contributed by atoms with Gasteiger partial charge in [-0.15, -0.1) is 0 Å². The molecule has 0 radical (unpaired) electrons. The smallest absolute Gasteiger partial charge is 0.256 e. The summed E-state index contributed by atoms with van der Waals surface area (Å²) in [6.45, 7) is 4.82. The SMILES string of the molecule is C[C@@H]1NCCCOC12CN(C(=O)c1ccncc1Nc1ccc(I)cc1F)C2. The van der Waals surface area contributed by atoms with Crippen LogP contribution in [0.4, 0.5) is 15.8 Å². The number of pyridine rings is 1. The highest BCUT2D eigenvalue weighted by molar-refractivity contribution is 14.1. The molecule has 2 fully saturated rings. The number of anilines is 2. The van der Waals surface area contributed by atoms with Gasteiger partial charge in [-0.1, -0.05) is 0 Å². The number of carbonyl (C=O) groups is 1. The van der Waals surface area contributed by atoms with Gasteiger partial charge in [-0.05, 0) is 66.7 Å². The van der Waals surface area contributed by atoms with Gasteiger partial charge in [-0.2, -0.15) is 0 Å². The zero-order chi connectivity index (χ0) is 19.7. The number of hydrogen-bond donors (Lipinski definition) is 2. The maximum atomic E-state index is 14.2. The topological polar surface area (TPSA) is 66.5 Å². The molecule has 6 nitrogen and oxygen atoms in total. The van der Waals surface area contributed by atoms with Crippen LogP contribution in [0.25, 0.3) is 0 Å². The molecule has 148 valence electrons. The molecule has 4 rings (SSSR count). The predicted octanol–water partition coefficient (Wildman–Crippen LogP) is 3.16. The Morgan fingerprint density at radius 3 is 3.00 bits per heavy atom. The molecule has 2 aliphatic heterocycles. The average Bonchev–Trinajstić information content (AvgIpc) is 2.84. The van der Waals surface area contributed by atoms with E-state index in [-0.39, 0.29) is 23.4 Å². The number of ether oxygens (including phenoxy) is 1. The fourth-order valence-electron chi connectivity index (χ4n) is 3.67. The van der Waals surface area contributed by atoms with Crippen molar-refractivity contribution >= 4 is 39.9 Å². The van der Waals surface area contributed by atoms with Crippen LogP contribution in [0.3, 0.4) is 0 Å². The number of amides is 1. The van der Waals surface area contributed by atoms with E-state index in [1.54, 1.807) is 35.5 Å². The van der Waals surface area contributed by atoms with E-state index in [2.05, 4.69) is 45.1 Å². The van der Waals surface area contributed by atoms with E-state index in [1.165, 1.54) is 6.07 Å². The second-order valence-electron chi connectivity index (χ2n) is 7.27. The van der Waals surface area contributed by atoms with Crippen molar-refractivity contribution in [1.29, 1.82) is 0 Å². The molecule has 0 bridgehead atoms. The van der Waals surface area contributed by atoms with Gasteiger partial charge in [0.25, 0.3) is 5.91 Å². The molecule has 0 saturated carbocycles. The number of benzene rings is 1. The van der Waals surface area contributed by atoms with Crippen LogP contribution in [0, 0.1) is 9.39 Å². The van der Waals surface area contributed by atoms with Crippen molar-refractivity contribution in [3.8, 4) is 0 Å². The highest BCUT2D eigenvalue weighted by atomic mass is 127. The van der Waals surface area contributed by atoms with E-state index < -0.39 is 0 Å². The summed E-state index contributed by atoms with van der Waals surface area (Å²) in [5, 5.41) is 6.47. The molecule has 1 aromatic carbocycles.